The molecular formula is C14H23NO3S. The summed E-state index contributed by atoms with van der Waals surface area (Å²) in [6, 6.07) is 6.62. The molecule has 0 bridgehead atoms. The van der Waals surface area contributed by atoms with E-state index in [9.17, 15) is 8.42 Å². The zero-order valence-corrected chi connectivity index (χ0v) is 12.6. The lowest BCUT2D eigenvalue weighted by molar-refractivity contribution is 0.299. The van der Waals surface area contributed by atoms with Crippen molar-refractivity contribution in [3.8, 4) is 0 Å². The maximum atomic E-state index is 12.1. The van der Waals surface area contributed by atoms with Crippen LogP contribution in [-0.4, -0.2) is 26.7 Å². The zero-order chi connectivity index (χ0) is 14.5. The van der Waals surface area contributed by atoms with Crippen molar-refractivity contribution in [2.45, 2.75) is 32.1 Å². The lowest BCUT2D eigenvalue weighted by Crippen LogP contribution is -2.30. The van der Waals surface area contributed by atoms with Gasteiger partial charge in [0, 0.05) is 13.2 Å². The summed E-state index contributed by atoms with van der Waals surface area (Å²) in [5.41, 5.74) is 0.928. The highest BCUT2D eigenvalue weighted by atomic mass is 32.2. The summed E-state index contributed by atoms with van der Waals surface area (Å²) in [6.07, 6.45) is 0.540. The molecule has 2 N–H and O–H groups in total. The highest BCUT2D eigenvalue weighted by Gasteiger charge is 2.16. The molecule has 0 aliphatic heterocycles. The Hall–Kier alpha value is -0.910. The van der Waals surface area contributed by atoms with E-state index in [0.29, 0.717) is 24.8 Å². The fourth-order valence-corrected chi connectivity index (χ4v) is 2.67. The molecule has 0 heterocycles. The predicted molar refractivity (Wildman–Crippen MR) is 76.4 cm³/mol. The highest BCUT2D eigenvalue weighted by Crippen LogP contribution is 2.13. The van der Waals surface area contributed by atoms with Crippen molar-refractivity contribution >= 4 is 10.0 Å². The summed E-state index contributed by atoms with van der Waals surface area (Å²) in [7, 11) is -3.43. The third-order valence-electron chi connectivity index (χ3n) is 3.37. The Kier molecular flexibility index (Phi) is 5.97. The lowest BCUT2D eigenvalue weighted by atomic mass is 9.99. The van der Waals surface area contributed by atoms with E-state index in [1.165, 1.54) is 0 Å². The molecular weight excluding hydrogens is 262 g/mol. The molecule has 0 saturated carbocycles. The summed E-state index contributed by atoms with van der Waals surface area (Å²) in [5.74, 6) is 0.734. The van der Waals surface area contributed by atoms with Crippen molar-refractivity contribution in [3.63, 3.8) is 0 Å². The van der Waals surface area contributed by atoms with Crippen LogP contribution in [0.5, 0.6) is 0 Å². The van der Waals surface area contributed by atoms with Crippen LogP contribution in [-0.2, 0) is 16.4 Å². The average molecular weight is 285 g/mol. The number of aliphatic hydroxyl groups is 1. The summed E-state index contributed by atoms with van der Waals surface area (Å²) in [4.78, 5) is 0.269. The monoisotopic (exact) mass is 285 g/mol. The Morgan fingerprint density at radius 2 is 1.74 bits per heavy atom. The first-order valence-corrected chi connectivity index (χ1v) is 8.04. The number of sulfonamides is 1. The molecule has 4 nitrogen and oxygen atoms in total. The number of hydrogen-bond donors (Lipinski definition) is 2. The molecule has 0 saturated heterocycles. The summed E-state index contributed by atoms with van der Waals surface area (Å²) in [6.45, 7) is 6.68. The summed E-state index contributed by atoms with van der Waals surface area (Å²) >= 11 is 0. The summed E-state index contributed by atoms with van der Waals surface area (Å²) in [5, 5.41) is 8.82. The number of nitrogens with one attached hydrogen (secondary N) is 1. The zero-order valence-electron chi connectivity index (χ0n) is 11.8. The van der Waals surface area contributed by atoms with Crippen molar-refractivity contribution in [3.05, 3.63) is 29.8 Å². The van der Waals surface area contributed by atoms with Gasteiger partial charge in [0.15, 0.2) is 0 Å². The van der Waals surface area contributed by atoms with Gasteiger partial charge in [-0.15, -0.1) is 0 Å². The van der Waals surface area contributed by atoms with Gasteiger partial charge in [0.1, 0.15) is 0 Å². The summed E-state index contributed by atoms with van der Waals surface area (Å²) < 4.78 is 26.8. The van der Waals surface area contributed by atoms with Crippen molar-refractivity contribution in [1.82, 2.24) is 4.72 Å². The molecule has 1 rings (SSSR count). The maximum absolute atomic E-state index is 12.1. The molecule has 0 spiro atoms. The van der Waals surface area contributed by atoms with Gasteiger partial charge in [-0.05, 0) is 36.0 Å². The third kappa shape index (κ3) is 4.93. The number of benzene rings is 1. The Morgan fingerprint density at radius 3 is 2.21 bits per heavy atom. The molecule has 0 aromatic heterocycles. The van der Waals surface area contributed by atoms with E-state index in [1.807, 2.05) is 6.92 Å². The topological polar surface area (TPSA) is 66.4 Å². The van der Waals surface area contributed by atoms with Crippen LogP contribution in [0.1, 0.15) is 26.3 Å². The second-order valence-corrected chi connectivity index (χ2v) is 6.96. The van der Waals surface area contributed by atoms with E-state index in [1.54, 1.807) is 24.3 Å². The minimum atomic E-state index is -3.43. The lowest BCUT2D eigenvalue weighted by Gasteiger charge is -2.16. The second-order valence-electron chi connectivity index (χ2n) is 5.19. The first-order chi connectivity index (χ1) is 8.86. The molecule has 1 aromatic carbocycles. The molecule has 19 heavy (non-hydrogen) atoms. The normalized spacial score (nSPS) is 13.7. The minimum absolute atomic E-state index is 0.0657. The number of aliphatic hydroxyl groups excluding tert-OH is 1. The smallest absolute Gasteiger partial charge is 0.240 e. The molecule has 1 atom stereocenters. The van der Waals surface area contributed by atoms with Gasteiger partial charge < -0.3 is 5.11 Å². The Labute approximate surface area is 115 Å². The minimum Gasteiger partial charge on any atom is -0.396 e. The van der Waals surface area contributed by atoms with Gasteiger partial charge in [0.2, 0.25) is 10.0 Å². The van der Waals surface area contributed by atoms with Gasteiger partial charge in [-0.2, -0.15) is 0 Å². The van der Waals surface area contributed by atoms with Gasteiger partial charge in [0.05, 0.1) is 4.90 Å². The van der Waals surface area contributed by atoms with Gasteiger partial charge in [-0.25, -0.2) is 13.1 Å². The van der Waals surface area contributed by atoms with Crippen LogP contribution in [0.3, 0.4) is 0 Å². The maximum Gasteiger partial charge on any atom is 0.240 e. The quantitative estimate of drug-likeness (QED) is 0.802. The van der Waals surface area contributed by atoms with Crippen LogP contribution in [0, 0.1) is 11.8 Å². The van der Waals surface area contributed by atoms with Gasteiger partial charge >= 0.3 is 0 Å². The van der Waals surface area contributed by atoms with Crippen molar-refractivity contribution < 1.29 is 13.5 Å². The van der Waals surface area contributed by atoms with Crippen LogP contribution in [0.25, 0.3) is 0 Å². The molecule has 1 aromatic rings. The van der Waals surface area contributed by atoms with Crippen LogP contribution in [0.2, 0.25) is 0 Å². The van der Waals surface area contributed by atoms with Crippen molar-refractivity contribution in [2.24, 2.45) is 11.8 Å². The Balaban J connectivity index is 2.71. The first kappa shape index (κ1) is 16.1. The first-order valence-electron chi connectivity index (χ1n) is 6.56. The SMILES string of the molecule is CC(C)C(C)CNS(=O)(=O)c1ccc(CCO)cc1. The fraction of sp³-hybridized carbons (Fsp3) is 0.571. The second kappa shape index (κ2) is 7.03. The highest BCUT2D eigenvalue weighted by molar-refractivity contribution is 7.89. The van der Waals surface area contributed by atoms with Crippen LogP contribution < -0.4 is 4.72 Å². The molecule has 0 radical (unpaired) electrons. The molecule has 0 fully saturated rings. The van der Waals surface area contributed by atoms with Crippen molar-refractivity contribution in [1.29, 1.82) is 0 Å². The largest absolute Gasteiger partial charge is 0.396 e. The third-order valence-corrected chi connectivity index (χ3v) is 4.81. The molecule has 0 aliphatic rings. The van der Waals surface area contributed by atoms with E-state index >= 15 is 0 Å². The van der Waals surface area contributed by atoms with Gasteiger partial charge in [-0.1, -0.05) is 32.9 Å². The fourth-order valence-electron chi connectivity index (χ4n) is 1.52. The molecule has 5 heteroatoms. The number of hydrogen-bond acceptors (Lipinski definition) is 3. The standard InChI is InChI=1S/C14H23NO3S/c1-11(2)12(3)10-15-19(17,18)14-6-4-13(5-7-14)8-9-16/h4-7,11-12,15-16H,8-10H2,1-3H3. The number of rotatable bonds is 7. The van der Waals surface area contributed by atoms with E-state index < -0.39 is 10.0 Å². The predicted octanol–water partition coefficient (Wildman–Crippen LogP) is 1.79. The van der Waals surface area contributed by atoms with E-state index in [0.717, 1.165) is 5.56 Å². The average Bonchev–Trinajstić information content (AvgIpc) is 2.37. The molecule has 1 unspecified atom stereocenters. The van der Waals surface area contributed by atoms with Crippen LogP contribution in [0.4, 0.5) is 0 Å². The Morgan fingerprint density at radius 1 is 1.16 bits per heavy atom. The Bertz CT molecular complexity index is 480. The van der Waals surface area contributed by atoms with E-state index in [4.69, 9.17) is 5.11 Å². The van der Waals surface area contributed by atoms with Gasteiger partial charge in [-0.3, -0.25) is 0 Å². The molecule has 108 valence electrons. The molecule has 0 aliphatic carbocycles. The van der Waals surface area contributed by atoms with Gasteiger partial charge in [0.25, 0.3) is 0 Å². The van der Waals surface area contributed by atoms with Crippen LogP contribution >= 0.6 is 0 Å². The molecule has 0 amide bonds. The van der Waals surface area contributed by atoms with E-state index in [-0.39, 0.29) is 11.5 Å². The van der Waals surface area contributed by atoms with Crippen LogP contribution in [0.15, 0.2) is 29.2 Å². The van der Waals surface area contributed by atoms with E-state index in [2.05, 4.69) is 18.6 Å². The van der Waals surface area contributed by atoms with Crippen molar-refractivity contribution in [2.75, 3.05) is 13.2 Å².